The van der Waals surface area contributed by atoms with E-state index in [4.69, 9.17) is 9.47 Å². The second-order valence-corrected chi connectivity index (χ2v) is 3.73. The van der Waals surface area contributed by atoms with E-state index in [1.807, 2.05) is 0 Å². The number of methoxy groups -OCH3 is 1. The molecule has 0 aliphatic rings. The lowest BCUT2D eigenvalue weighted by Gasteiger charge is -2.06. The van der Waals surface area contributed by atoms with Crippen molar-refractivity contribution in [1.82, 2.24) is 9.97 Å². The SMILES string of the molecule is CCOC(=O)CCC(=O)Nc1nc(C)cc(OC)n1. The molecule has 0 spiro atoms. The number of anilines is 1. The molecule has 0 atom stereocenters. The summed E-state index contributed by atoms with van der Waals surface area (Å²) in [6.45, 7) is 3.78. The quantitative estimate of drug-likeness (QED) is 0.775. The maximum atomic E-state index is 11.6. The maximum Gasteiger partial charge on any atom is 0.306 e. The highest BCUT2D eigenvalue weighted by Gasteiger charge is 2.10. The Kier molecular flexibility index (Phi) is 5.72. The Morgan fingerprint density at radius 1 is 1.32 bits per heavy atom. The predicted octanol–water partition coefficient (Wildman–Crippen LogP) is 1.08. The maximum absolute atomic E-state index is 11.6. The summed E-state index contributed by atoms with van der Waals surface area (Å²) in [4.78, 5) is 30.7. The van der Waals surface area contributed by atoms with Crippen LogP contribution in [0, 0.1) is 6.92 Å². The molecule has 1 amide bonds. The lowest BCUT2D eigenvalue weighted by atomic mass is 10.3. The van der Waals surface area contributed by atoms with Crippen LogP contribution >= 0.6 is 0 Å². The average molecular weight is 267 g/mol. The molecule has 1 aromatic heterocycles. The molecule has 0 fully saturated rings. The van der Waals surface area contributed by atoms with Gasteiger partial charge in [0, 0.05) is 18.2 Å². The molecule has 7 nitrogen and oxygen atoms in total. The number of carbonyl (C=O) groups excluding carboxylic acids is 2. The molecule has 0 radical (unpaired) electrons. The van der Waals surface area contributed by atoms with Crippen molar-refractivity contribution in [3.05, 3.63) is 11.8 Å². The third kappa shape index (κ3) is 5.33. The molecule has 1 heterocycles. The molecule has 0 aromatic carbocycles. The number of carbonyl (C=O) groups is 2. The highest BCUT2D eigenvalue weighted by atomic mass is 16.5. The number of rotatable bonds is 6. The van der Waals surface area contributed by atoms with Crippen molar-refractivity contribution in [2.45, 2.75) is 26.7 Å². The first-order valence-electron chi connectivity index (χ1n) is 5.90. The molecule has 1 rings (SSSR count). The zero-order chi connectivity index (χ0) is 14.3. The second kappa shape index (κ2) is 7.30. The van der Waals surface area contributed by atoms with Gasteiger partial charge in [0.25, 0.3) is 0 Å². The van der Waals surface area contributed by atoms with E-state index in [0.717, 1.165) is 0 Å². The van der Waals surface area contributed by atoms with Crippen LogP contribution in [-0.4, -0.2) is 35.6 Å². The number of amides is 1. The molecule has 0 unspecified atom stereocenters. The van der Waals surface area contributed by atoms with Gasteiger partial charge in [-0.25, -0.2) is 4.98 Å². The minimum atomic E-state index is -0.402. The summed E-state index contributed by atoms with van der Waals surface area (Å²) >= 11 is 0. The first-order valence-corrected chi connectivity index (χ1v) is 5.90. The van der Waals surface area contributed by atoms with Crippen LogP contribution in [0.1, 0.15) is 25.5 Å². The third-order valence-electron chi connectivity index (χ3n) is 2.15. The van der Waals surface area contributed by atoms with Crippen molar-refractivity contribution >= 4 is 17.8 Å². The molecule has 19 heavy (non-hydrogen) atoms. The summed E-state index contributed by atoms with van der Waals surface area (Å²) in [5.74, 6) is -0.222. The number of hydrogen-bond acceptors (Lipinski definition) is 6. The summed E-state index contributed by atoms with van der Waals surface area (Å²) in [6.07, 6.45) is 0.0566. The Hall–Kier alpha value is -2.18. The second-order valence-electron chi connectivity index (χ2n) is 3.73. The number of nitrogens with one attached hydrogen (secondary N) is 1. The number of hydrogen-bond donors (Lipinski definition) is 1. The smallest absolute Gasteiger partial charge is 0.306 e. The minimum absolute atomic E-state index is 0.0262. The van der Waals surface area contributed by atoms with Crippen molar-refractivity contribution in [1.29, 1.82) is 0 Å². The van der Waals surface area contributed by atoms with Gasteiger partial charge in [-0.3, -0.25) is 14.9 Å². The van der Waals surface area contributed by atoms with E-state index < -0.39 is 5.97 Å². The van der Waals surface area contributed by atoms with Crippen molar-refractivity contribution in [2.75, 3.05) is 19.0 Å². The summed E-state index contributed by atoms with van der Waals surface area (Å²) in [5, 5.41) is 2.51. The Labute approximate surface area is 111 Å². The van der Waals surface area contributed by atoms with Gasteiger partial charge in [0.2, 0.25) is 17.7 Å². The highest BCUT2D eigenvalue weighted by molar-refractivity contribution is 5.91. The van der Waals surface area contributed by atoms with Crippen LogP contribution in [0.5, 0.6) is 5.88 Å². The molecule has 0 aliphatic heterocycles. The summed E-state index contributed by atoms with van der Waals surface area (Å²) in [5.41, 5.74) is 0.674. The van der Waals surface area contributed by atoms with Crippen molar-refractivity contribution < 1.29 is 19.1 Å². The molecule has 1 N–H and O–H groups in total. The number of nitrogens with zero attached hydrogens (tertiary/aromatic N) is 2. The molecule has 0 saturated heterocycles. The molecule has 0 bridgehead atoms. The lowest BCUT2D eigenvalue weighted by molar-refractivity contribution is -0.144. The van der Waals surface area contributed by atoms with E-state index in [1.54, 1.807) is 19.9 Å². The van der Waals surface area contributed by atoms with E-state index in [0.29, 0.717) is 18.2 Å². The molecular weight excluding hydrogens is 250 g/mol. The summed E-state index contributed by atoms with van der Waals surface area (Å²) in [7, 11) is 1.48. The first kappa shape index (κ1) is 14.9. The fourth-order valence-electron chi connectivity index (χ4n) is 1.34. The number of esters is 1. The Morgan fingerprint density at radius 3 is 2.68 bits per heavy atom. The Bertz CT molecular complexity index is 462. The fourth-order valence-corrected chi connectivity index (χ4v) is 1.34. The van der Waals surface area contributed by atoms with Crippen LogP contribution in [0.25, 0.3) is 0 Å². The topological polar surface area (TPSA) is 90.4 Å². The van der Waals surface area contributed by atoms with Gasteiger partial charge < -0.3 is 9.47 Å². The van der Waals surface area contributed by atoms with E-state index in [1.165, 1.54) is 7.11 Å². The van der Waals surface area contributed by atoms with Crippen LogP contribution < -0.4 is 10.1 Å². The van der Waals surface area contributed by atoms with Crippen molar-refractivity contribution in [3.8, 4) is 5.88 Å². The van der Waals surface area contributed by atoms with Gasteiger partial charge in [0.05, 0.1) is 20.1 Å². The molecule has 7 heteroatoms. The van der Waals surface area contributed by atoms with Crippen LogP contribution in [0.3, 0.4) is 0 Å². The monoisotopic (exact) mass is 267 g/mol. The number of aromatic nitrogens is 2. The van der Waals surface area contributed by atoms with E-state index in [9.17, 15) is 9.59 Å². The van der Waals surface area contributed by atoms with Gasteiger partial charge in [-0.2, -0.15) is 4.98 Å². The predicted molar refractivity (Wildman–Crippen MR) is 67.8 cm³/mol. The first-order chi connectivity index (χ1) is 9.05. The summed E-state index contributed by atoms with van der Waals surface area (Å²) < 4.78 is 9.70. The third-order valence-corrected chi connectivity index (χ3v) is 2.15. The van der Waals surface area contributed by atoms with Crippen molar-refractivity contribution in [2.24, 2.45) is 0 Å². The van der Waals surface area contributed by atoms with Gasteiger partial charge in [0.15, 0.2) is 0 Å². The van der Waals surface area contributed by atoms with E-state index in [2.05, 4.69) is 15.3 Å². The molecular formula is C12H17N3O4. The highest BCUT2D eigenvalue weighted by Crippen LogP contribution is 2.11. The lowest BCUT2D eigenvalue weighted by Crippen LogP contribution is -2.16. The molecule has 0 aliphatic carbocycles. The normalized spacial score (nSPS) is 9.84. The minimum Gasteiger partial charge on any atom is -0.481 e. The average Bonchev–Trinajstić information content (AvgIpc) is 2.36. The van der Waals surface area contributed by atoms with E-state index >= 15 is 0 Å². The molecule has 0 saturated carbocycles. The standard InChI is InChI=1S/C12H17N3O4/c1-4-19-11(17)6-5-9(16)14-12-13-8(2)7-10(15-12)18-3/h7H,4-6H2,1-3H3,(H,13,14,15,16). The Morgan fingerprint density at radius 2 is 2.05 bits per heavy atom. The van der Waals surface area contributed by atoms with Crippen LogP contribution in [0.4, 0.5) is 5.95 Å². The van der Waals surface area contributed by atoms with Gasteiger partial charge in [0.1, 0.15) is 0 Å². The zero-order valence-corrected chi connectivity index (χ0v) is 11.2. The van der Waals surface area contributed by atoms with Crippen LogP contribution in [0.15, 0.2) is 6.07 Å². The van der Waals surface area contributed by atoms with Crippen molar-refractivity contribution in [3.63, 3.8) is 0 Å². The zero-order valence-electron chi connectivity index (χ0n) is 11.2. The van der Waals surface area contributed by atoms with Crippen LogP contribution in [-0.2, 0) is 14.3 Å². The largest absolute Gasteiger partial charge is 0.481 e. The van der Waals surface area contributed by atoms with Gasteiger partial charge >= 0.3 is 5.97 Å². The van der Waals surface area contributed by atoms with Gasteiger partial charge in [-0.05, 0) is 13.8 Å². The summed E-state index contributed by atoms with van der Waals surface area (Å²) in [6, 6.07) is 1.65. The van der Waals surface area contributed by atoms with Gasteiger partial charge in [-0.1, -0.05) is 0 Å². The molecule has 1 aromatic rings. The molecule has 104 valence electrons. The van der Waals surface area contributed by atoms with E-state index in [-0.39, 0.29) is 24.7 Å². The van der Waals surface area contributed by atoms with Gasteiger partial charge in [-0.15, -0.1) is 0 Å². The number of ether oxygens (including phenoxy) is 2. The van der Waals surface area contributed by atoms with Crippen LogP contribution in [0.2, 0.25) is 0 Å². The Balaban J connectivity index is 2.52. The fraction of sp³-hybridized carbons (Fsp3) is 0.500. The number of aryl methyl sites for hydroxylation is 1.